The molecule has 22 heavy (non-hydrogen) atoms. The molecule has 5 nitrogen and oxygen atoms in total. The Morgan fingerprint density at radius 2 is 1.95 bits per heavy atom. The third-order valence-corrected chi connectivity index (χ3v) is 6.43. The Morgan fingerprint density at radius 1 is 1.14 bits per heavy atom. The molecule has 112 valence electrons. The summed E-state index contributed by atoms with van der Waals surface area (Å²) in [6, 6.07) is 12.6. The first-order chi connectivity index (χ1) is 10.6. The van der Waals surface area contributed by atoms with Gasteiger partial charge in [0.2, 0.25) is 0 Å². The molecule has 1 aromatic heterocycles. The Labute approximate surface area is 132 Å². The van der Waals surface area contributed by atoms with Crippen molar-refractivity contribution in [1.82, 2.24) is 8.75 Å². The highest BCUT2D eigenvalue weighted by Gasteiger charge is 2.37. The quantitative estimate of drug-likeness (QED) is 0.724. The fourth-order valence-corrected chi connectivity index (χ4v) is 5.45. The van der Waals surface area contributed by atoms with Gasteiger partial charge in [0.15, 0.2) is 0 Å². The maximum Gasteiger partial charge on any atom is 0.266 e. The maximum atomic E-state index is 13.2. The van der Waals surface area contributed by atoms with Gasteiger partial charge in [0.25, 0.3) is 10.0 Å². The van der Waals surface area contributed by atoms with E-state index < -0.39 is 10.0 Å². The van der Waals surface area contributed by atoms with E-state index in [1.54, 1.807) is 18.2 Å². The van der Waals surface area contributed by atoms with E-state index >= 15 is 0 Å². The largest absolute Gasteiger partial charge is 0.266 e. The number of sulfonamides is 1. The van der Waals surface area contributed by atoms with Crippen molar-refractivity contribution < 1.29 is 8.42 Å². The molecular weight excluding hydrogens is 318 g/mol. The molecule has 3 aromatic rings. The molecule has 0 amide bonds. The Kier molecular flexibility index (Phi) is 2.95. The van der Waals surface area contributed by atoms with Crippen LogP contribution in [0.2, 0.25) is 0 Å². The standard InChI is InChI=1S/C15H13N3O2S2/c1-10-9-11-5-2-3-7-13(11)18(10)22(19,20)14-8-4-6-12-15(14)17-21-16-12/h2-8,10H,9H2,1H3/t10-/m1/s1. The molecule has 7 heteroatoms. The zero-order valence-corrected chi connectivity index (χ0v) is 13.4. The molecule has 0 spiro atoms. The molecule has 1 aliphatic rings. The first-order valence-corrected chi connectivity index (χ1v) is 9.10. The normalized spacial score (nSPS) is 17.9. The first-order valence-electron chi connectivity index (χ1n) is 6.92. The number of nitrogens with zero attached hydrogens (tertiary/aromatic N) is 3. The van der Waals surface area contributed by atoms with Crippen molar-refractivity contribution in [3.8, 4) is 0 Å². The van der Waals surface area contributed by atoms with E-state index in [1.807, 2.05) is 31.2 Å². The zero-order valence-electron chi connectivity index (χ0n) is 11.8. The summed E-state index contributed by atoms with van der Waals surface area (Å²) in [7, 11) is -3.66. The molecule has 1 atom stereocenters. The molecule has 2 aromatic carbocycles. The van der Waals surface area contributed by atoms with Crippen LogP contribution in [0.3, 0.4) is 0 Å². The highest BCUT2D eigenvalue weighted by Crippen LogP contribution is 2.37. The van der Waals surface area contributed by atoms with Crippen molar-refractivity contribution in [3.63, 3.8) is 0 Å². The van der Waals surface area contributed by atoms with E-state index in [4.69, 9.17) is 0 Å². The fraction of sp³-hybridized carbons (Fsp3) is 0.200. The van der Waals surface area contributed by atoms with Crippen molar-refractivity contribution in [1.29, 1.82) is 0 Å². The molecule has 0 saturated carbocycles. The first kappa shape index (κ1) is 13.7. The summed E-state index contributed by atoms with van der Waals surface area (Å²) in [5, 5.41) is 0. The maximum absolute atomic E-state index is 13.2. The van der Waals surface area contributed by atoms with Crippen LogP contribution in [0.5, 0.6) is 0 Å². The van der Waals surface area contributed by atoms with Crippen molar-refractivity contribution in [2.45, 2.75) is 24.3 Å². The number of fused-ring (bicyclic) bond motifs is 2. The van der Waals surface area contributed by atoms with Crippen LogP contribution < -0.4 is 4.31 Å². The number of hydrogen-bond donors (Lipinski definition) is 0. The van der Waals surface area contributed by atoms with Crippen LogP contribution in [0.25, 0.3) is 11.0 Å². The molecule has 0 fully saturated rings. The average Bonchev–Trinajstić information content (AvgIpc) is 3.09. The lowest BCUT2D eigenvalue weighted by Gasteiger charge is -2.24. The number of benzene rings is 2. The van der Waals surface area contributed by atoms with Crippen LogP contribution in [0.4, 0.5) is 5.69 Å². The smallest absolute Gasteiger partial charge is 0.263 e. The fourth-order valence-electron chi connectivity index (χ4n) is 3.00. The van der Waals surface area contributed by atoms with Crippen LogP contribution in [0.1, 0.15) is 12.5 Å². The zero-order chi connectivity index (χ0) is 15.3. The number of rotatable bonds is 2. The molecule has 0 saturated heterocycles. The van der Waals surface area contributed by atoms with E-state index in [-0.39, 0.29) is 10.9 Å². The van der Waals surface area contributed by atoms with Crippen molar-refractivity contribution in [3.05, 3.63) is 48.0 Å². The average molecular weight is 331 g/mol. The van der Waals surface area contributed by atoms with Crippen LogP contribution in [0, 0.1) is 0 Å². The van der Waals surface area contributed by atoms with Gasteiger partial charge in [0.1, 0.15) is 15.9 Å². The van der Waals surface area contributed by atoms with Crippen molar-refractivity contribution in [2.24, 2.45) is 0 Å². The lowest BCUT2D eigenvalue weighted by molar-refractivity contribution is 0.585. The lowest BCUT2D eigenvalue weighted by atomic mass is 10.1. The van der Waals surface area contributed by atoms with Crippen LogP contribution >= 0.6 is 11.7 Å². The summed E-state index contributed by atoms with van der Waals surface area (Å²) >= 11 is 1.03. The Bertz CT molecular complexity index is 966. The number of anilines is 1. The van der Waals surface area contributed by atoms with Gasteiger partial charge in [-0.2, -0.15) is 8.75 Å². The summed E-state index contributed by atoms with van der Waals surface area (Å²) in [5.74, 6) is 0. The molecule has 0 aliphatic carbocycles. The topological polar surface area (TPSA) is 63.2 Å². The van der Waals surface area contributed by atoms with E-state index in [1.165, 1.54) is 4.31 Å². The van der Waals surface area contributed by atoms with E-state index in [0.29, 0.717) is 11.0 Å². The predicted octanol–water partition coefficient (Wildman–Crippen LogP) is 2.83. The Morgan fingerprint density at radius 3 is 2.82 bits per heavy atom. The summed E-state index contributed by atoms with van der Waals surface area (Å²) in [6.45, 7) is 1.93. The van der Waals surface area contributed by atoms with E-state index in [9.17, 15) is 8.42 Å². The molecule has 0 bridgehead atoms. The lowest BCUT2D eigenvalue weighted by Crippen LogP contribution is -2.35. The minimum absolute atomic E-state index is 0.107. The molecule has 0 unspecified atom stereocenters. The van der Waals surface area contributed by atoms with E-state index in [0.717, 1.165) is 29.4 Å². The number of hydrogen-bond acceptors (Lipinski definition) is 5. The summed E-state index contributed by atoms with van der Waals surface area (Å²) < 4.78 is 36.2. The highest BCUT2D eigenvalue weighted by atomic mass is 32.2. The van der Waals surface area contributed by atoms with Gasteiger partial charge < -0.3 is 0 Å². The molecule has 0 radical (unpaired) electrons. The molecule has 4 rings (SSSR count). The number of para-hydroxylation sites is 1. The second-order valence-corrected chi connectivity index (χ2v) is 7.68. The Hall–Kier alpha value is -1.99. The van der Waals surface area contributed by atoms with Gasteiger partial charge in [-0.15, -0.1) is 0 Å². The molecule has 1 aliphatic heterocycles. The van der Waals surface area contributed by atoms with Gasteiger partial charge >= 0.3 is 0 Å². The third-order valence-electron chi connectivity index (χ3n) is 3.93. The van der Waals surface area contributed by atoms with Crippen LogP contribution in [-0.2, 0) is 16.4 Å². The van der Waals surface area contributed by atoms with Gasteiger partial charge in [-0.25, -0.2) is 8.42 Å². The predicted molar refractivity (Wildman–Crippen MR) is 86.7 cm³/mol. The number of aromatic nitrogens is 2. The van der Waals surface area contributed by atoms with Gasteiger partial charge in [-0.3, -0.25) is 4.31 Å². The molecular formula is C15H13N3O2S2. The van der Waals surface area contributed by atoms with Gasteiger partial charge in [-0.05, 0) is 37.1 Å². The van der Waals surface area contributed by atoms with Crippen molar-refractivity contribution >= 4 is 38.5 Å². The molecule has 2 heterocycles. The third kappa shape index (κ3) is 1.85. The van der Waals surface area contributed by atoms with Gasteiger partial charge in [-0.1, -0.05) is 24.3 Å². The van der Waals surface area contributed by atoms with Gasteiger partial charge in [0, 0.05) is 6.04 Å². The van der Waals surface area contributed by atoms with Gasteiger partial charge in [0.05, 0.1) is 17.4 Å². The minimum atomic E-state index is -3.66. The summed E-state index contributed by atoms with van der Waals surface area (Å²) in [5.41, 5.74) is 2.88. The molecule has 0 N–H and O–H groups in total. The summed E-state index contributed by atoms with van der Waals surface area (Å²) in [6.07, 6.45) is 0.723. The van der Waals surface area contributed by atoms with Crippen LogP contribution in [0.15, 0.2) is 47.4 Å². The second-order valence-electron chi connectivity index (χ2n) is 5.37. The van der Waals surface area contributed by atoms with Crippen molar-refractivity contribution in [2.75, 3.05) is 4.31 Å². The highest BCUT2D eigenvalue weighted by molar-refractivity contribution is 7.93. The summed E-state index contributed by atoms with van der Waals surface area (Å²) in [4.78, 5) is 0.224. The minimum Gasteiger partial charge on any atom is -0.263 e. The van der Waals surface area contributed by atoms with Crippen LogP contribution in [-0.4, -0.2) is 23.2 Å². The SMILES string of the molecule is C[C@@H]1Cc2ccccc2N1S(=O)(=O)c1cccc2nsnc12. The second kappa shape index (κ2) is 4.76. The Balaban J connectivity index is 1.93. The monoisotopic (exact) mass is 331 g/mol. The van der Waals surface area contributed by atoms with E-state index in [2.05, 4.69) is 8.75 Å².